The smallest absolute Gasteiger partial charge is 0.0897 e. The van der Waals surface area contributed by atoms with E-state index < -0.39 is 0 Å². The molecule has 0 aliphatic carbocycles. The molecule has 0 saturated carbocycles. The van der Waals surface area contributed by atoms with Crippen molar-refractivity contribution in [2.75, 3.05) is 0 Å². The Morgan fingerprint density at radius 3 is 2.88 bits per heavy atom. The van der Waals surface area contributed by atoms with Gasteiger partial charge in [0, 0.05) is 5.39 Å². The molecule has 1 heteroatoms. The molecule has 2 aromatic rings. The fourth-order valence-corrected chi connectivity index (χ4v) is 2.05. The standard InChI is InChI=1S/C15H18N/c1-2-3-4-5-8-13-11-12-16-15-10-7-6-9-14(13)15/h6-7,9-11H,2-5,8H2,1H3. The summed E-state index contributed by atoms with van der Waals surface area (Å²) in [5.74, 6) is 0. The van der Waals surface area contributed by atoms with Gasteiger partial charge in [-0.15, -0.1) is 0 Å². The SMILES string of the molecule is CCCCCCc1c[c]nc2ccccc12. The zero-order valence-corrected chi connectivity index (χ0v) is 9.87. The van der Waals surface area contributed by atoms with Crippen LogP contribution in [-0.2, 0) is 6.42 Å². The van der Waals surface area contributed by atoms with E-state index in [9.17, 15) is 0 Å². The molecule has 0 aliphatic rings. The number of pyridine rings is 1. The Morgan fingerprint density at radius 1 is 1.12 bits per heavy atom. The van der Waals surface area contributed by atoms with Gasteiger partial charge < -0.3 is 0 Å². The molecule has 0 atom stereocenters. The number of aryl methyl sites for hydroxylation is 1. The maximum Gasteiger partial charge on any atom is 0.0897 e. The lowest BCUT2D eigenvalue weighted by molar-refractivity contribution is 0.668. The topological polar surface area (TPSA) is 12.9 Å². The third kappa shape index (κ3) is 2.60. The predicted molar refractivity (Wildman–Crippen MR) is 68.4 cm³/mol. The maximum atomic E-state index is 4.26. The summed E-state index contributed by atoms with van der Waals surface area (Å²) >= 11 is 0. The molecule has 0 amide bonds. The van der Waals surface area contributed by atoms with E-state index in [0.29, 0.717) is 0 Å². The lowest BCUT2D eigenvalue weighted by atomic mass is 10.0. The predicted octanol–water partition coefficient (Wildman–Crippen LogP) is 4.16. The van der Waals surface area contributed by atoms with Gasteiger partial charge in [0.1, 0.15) is 0 Å². The maximum absolute atomic E-state index is 4.26. The highest BCUT2D eigenvalue weighted by atomic mass is 14.6. The number of aromatic nitrogens is 1. The van der Waals surface area contributed by atoms with Gasteiger partial charge in [0.05, 0.1) is 11.7 Å². The first-order chi connectivity index (χ1) is 7.92. The Balaban J connectivity index is 2.11. The minimum absolute atomic E-state index is 1.07. The lowest BCUT2D eigenvalue weighted by Gasteiger charge is -2.05. The molecule has 0 bridgehead atoms. The monoisotopic (exact) mass is 212 g/mol. The number of fused-ring (bicyclic) bond motifs is 1. The van der Waals surface area contributed by atoms with Gasteiger partial charge in [-0.1, -0.05) is 44.4 Å². The summed E-state index contributed by atoms with van der Waals surface area (Å²) in [6.45, 7) is 2.25. The van der Waals surface area contributed by atoms with Crippen molar-refractivity contribution in [2.24, 2.45) is 0 Å². The fraction of sp³-hybridized carbons (Fsp3) is 0.400. The Morgan fingerprint density at radius 2 is 2.00 bits per heavy atom. The summed E-state index contributed by atoms with van der Waals surface area (Å²) in [5.41, 5.74) is 2.46. The van der Waals surface area contributed by atoms with Crippen LogP contribution < -0.4 is 0 Å². The second-order valence-electron chi connectivity index (χ2n) is 4.24. The molecule has 1 aromatic heterocycles. The first-order valence-corrected chi connectivity index (χ1v) is 6.16. The highest BCUT2D eigenvalue weighted by molar-refractivity contribution is 5.81. The first-order valence-electron chi connectivity index (χ1n) is 6.16. The van der Waals surface area contributed by atoms with E-state index in [2.05, 4.69) is 36.3 Å². The van der Waals surface area contributed by atoms with Crippen LogP contribution in [0.1, 0.15) is 38.2 Å². The minimum Gasteiger partial charge on any atom is -0.246 e. The summed E-state index contributed by atoms with van der Waals surface area (Å²) in [6.07, 6.45) is 9.38. The Kier molecular flexibility index (Phi) is 3.92. The second kappa shape index (κ2) is 5.64. The summed E-state index contributed by atoms with van der Waals surface area (Å²) in [6, 6.07) is 10.4. The van der Waals surface area contributed by atoms with Crippen LogP contribution in [-0.4, -0.2) is 4.98 Å². The quantitative estimate of drug-likeness (QED) is 0.678. The van der Waals surface area contributed by atoms with Crippen LogP contribution in [0.3, 0.4) is 0 Å². The minimum atomic E-state index is 1.07. The van der Waals surface area contributed by atoms with Crippen LogP contribution in [0, 0.1) is 6.20 Å². The summed E-state index contributed by atoms with van der Waals surface area (Å²) < 4.78 is 0. The molecule has 16 heavy (non-hydrogen) atoms. The molecule has 2 rings (SSSR count). The molecule has 1 aromatic carbocycles. The van der Waals surface area contributed by atoms with E-state index in [1.54, 1.807) is 0 Å². The van der Waals surface area contributed by atoms with Gasteiger partial charge in [0.2, 0.25) is 0 Å². The molecule has 0 unspecified atom stereocenters. The van der Waals surface area contributed by atoms with Crippen LogP contribution in [0.5, 0.6) is 0 Å². The van der Waals surface area contributed by atoms with Crippen molar-refractivity contribution >= 4 is 10.9 Å². The molecule has 0 aliphatic heterocycles. The van der Waals surface area contributed by atoms with E-state index in [-0.39, 0.29) is 0 Å². The Bertz CT molecular complexity index is 443. The molecular formula is C15H18N. The molecule has 0 N–H and O–H groups in total. The normalized spacial score (nSPS) is 10.8. The molecule has 1 heterocycles. The number of rotatable bonds is 5. The average Bonchev–Trinajstić information content (AvgIpc) is 2.35. The highest BCUT2D eigenvalue weighted by Crippen LogP contribution is 2.18. The molecule has 0 fully saturated rings. The zero-order valence-electron chi connectivity index (χ0n) is 9.87. The second-order valence-corrected chi connectivity index (χ2v) is 4.24. The Labute approximate surface area is 97.5 Å². The van der Waals surface area contributed by atoms with Crippen molar-refractivity contribution in [2.45, 2.75) is 39.0 Å². The average molecular weight is 212 g/mol. The van der Waals surface area contributed by atoms with Crippen LogP contribution in [0.4, 0.5) is 0 Å². The van der Waals surface area contributed by atoms with Crippen LogP contribution in [0.15, 0.2) is 30.3 Å². The van der Waals surface area contributed by atoms with Crippen molar-refractivity contribution in [1.82, 2.24) is 4.98 Å². The number of para-hydroxylation sites is 1. The van der Waals surface area contributed by atoms with Gasteiger partial charge in [-0.2, -0.15) is 0 Å². The zero-order chi connectivity index (χ0) is 11.2. The lowest BCUT2D eigenvalue weighted by Crippen LogP contribution is -1.89. The van der Waals surface area contributed by atoms with Crippen molar-refractivity contribution in [3.05, 3.63) is 42.1 Å². The molecule has 0 spiro atoms. The highest BCUT2D eigenvalue weighted by Gasteiger charge is 2.00. The van der Waals surface area contributed by atoms with Gasteiger partial charge in [-0.25, -0.2) is 4.98 Å². The number of unbranched alkanes of at least 4 members (excludes halogenated alkanes) is 3. The van der Waals surface area contributed by atoms with Crippen LogP contribution in [0.2, 0.25) is 0 Å². The van der Waals surface area contributed by atoms with Gasteiger partial charge in [-0.3, -0.25) is 0 Å². The molecular weight excluding hydrogens is 194 g/mol. The van der Waals surface area contributed by atoms with E-state index in [0.717, 1.165) is 11.9 Å². The number of hydrogen-bond acceptors (Lipinski definition) is 1. The van der Waals surface area contributed by atoms with E-state index >= 15 is 0 Å². The molecule has 0 saturated heterocycles. The first kappa shape index (κ1) is 11.1. The third-order valence-electron chi connectivity index (χ3n) is 2.97. The van der Waals surface area contributed by atoms with Gasteiger partial charge in [0.25, 0.3) is 0 Å². The fourth-order valence-electron chi connectivity index (χ4n) is 2.05. The number of nitrogens with zero attached hydrogens (tertiary/aromatic N) is 1. The number of benzene rings is 1. The van der Waals surface area contributed by atoms with Crippen molar-refractivity contribution in [3.63, 3.8) is 0 Å². The van der Waals surface area contributed by atoms with E-state index in [4.69, 9.17) is 0 Å². The van der Waals surface area contributed by atoms with E-state index in [1.165, 1.54) is 36.6 Å². The molecule has 83 valence electrons. The Hall–Kier alpha value is -1.37. The van der Waals surface area contributed by atoms with Crippen molar-refractivity contribution in [3.8, 4) is 0 Å². The van der Waals surface area contributed by atoms with Gasteiger partial charge >= 0.3 is 0 Å². The molecule has 1 radical (unpaired) electrons. The molecule has 1 nitrogen and oxygen atoms in total. The van der Waals surface area contributed by atoms with Crippen molar-refractivity contribution in [1.29, 1.82) is 0 Å². The van der Waals surface area contributed by atoms with E-state index in [1.807, 2.05) is 12.1 Å². The van der Waals surface area contributed by atoms with Gasteiger partial charge in [-0.05, 0) is 30.5 Å². The number of hydrogen-bond donors (Lipinski definition) is 0. The summed E-state index contributed by atoms with van der Waals surface area (Å²) in [4.78, 5) is 4.26. The third-order valence-corrected chi connectivity index (χ3v) is 2.97. The summed E-state index contributed by atoms with van der Waals surface area (Å²) in [5, 5.41) is 1.29. The van der Waals surface area contributed by atoms with Crippen LogP contribution >= 0.6 is 0 Å². The van der Waals surface area contributed by atoms with Gasteiger partial charge in [0.15, 0.2) is 0 Å². The van der Waals surface area contributed by atoms with Crippen molar-refractivity contribution < 1.29 is 0 Å². The van der Waals surface area contributed by atoms with Crippen LogP contribution in [0.25, 0.3) is 10.9 Å². The largest absolute Gasteiger partial charge is 0.246 e. The summed E-state index contributed by atoms with van der Waals surface area (Å²) in [7, 11) is 0.